The summed E-state index contributed by atoms with van der Waals surface area (Å²) in [6, 6.07) is 19.0. The lowest BCUT2D eigenvalue weighted by molar-refractivity contribution is 1.15. The summed E-state index contributed by atoms with van der Waals surface area (Å²) in [5.74, 6) is 1.05. The average Bonchev–Trinajstić information content (AvgIpc) is 2.54. The number of nitrogens with two attached hydrogens (primary N) is 2. The van der Waals surface area contributed by atoms with Gasteiger partial charge in [0.1, 0.15) is 0 Å². The molecule has 0 saturated carbocycles. The van der Waals surface area contributed by atoms with Crippen LogP contribution in [-0.4, -0.2) is 17.9 Å². The second-order valence-electron chi connectivity index (χ2n) is 4.76. The zero-order valence-electron chi connectivity index (χ0n) is 12.4. The lowest BCUT2D eigenvalue weighted by atomic mass is 10.2. The van der Waals surface area contributed by atoms with Crippen LogP contribution in [0, 0.1) is 0 Å². The summed E-state index contributed by atoms with van der Waals surface area (Å²) in [7, 11) is 0. The maximum Gasteiger partial charge on any atom is 0.211 e. The van der Waals surface area contributed by atoms with E-state index in [0.717, 1.165) is 12.2 Å². The van der Waals surface area contributed by atoms with Crippen molar-refractivity contribution in [3.05, 3.63) is 65.7 Å². The van der Waals surface area contributed by atoms with Crippen molar-refractivity contribution < 1.29 is 0 Å². The Morgan fingerprint density at radius 3 is 2.36 bits per heavy atom. The van der Waals surface area contributed by atoms with Gasteiger partial charge in [-0.15, -0.1) is 16.9 Å². The van der Waals surface area contributed by atoms with Gasteiger partial charge in [0, 0.05) is 23.3 Å². The molecule has 22 heavy (non-hydrogen) atoms. The minimum Gasteiger partial charge on any atom is -0.369 e. The molecule has 2 aromatic carbocycles. The molecule has 2 rings (SSSR count). The fraction of sp³-hybridized carbons (Fsp3) is 0.176. The lowest BCUT2D eigenvalue weighted by Gasteiger charge is -2.03. The van der Waals surface area contributed by atoms with Gasteiger partial charge in [0.25, 0.3) is 0 Å². The van der Waals surface area contributed by atoms with Crippen LogP contribution in [0.5, 0.6) is 0 Å². The molecule has 4 N–H and O–H groups in total. The van der Waals surface area contributed by atoms with Crippen LogP contribution < -0.4 is 11.5 Å². The molecular formula is C17H20N4S. The summed E-state index contributed by atoms with van der Waals surface area (Å²) in [5.41, 5.74) is 12.9. The van der Waals surface area contributed by atoms with E-state index in [0.29, 0.717) is 6.42 Å². The summed E-state index contributed by atoms with van der Waals surface area (Å²) in [6.45, 7) is 0. The highest BCUT2D eigenvalue weighted by Crippen LogP contribution is 2.19. The normalized spacial score (nSPS) is 10.7. The first-order chi connectivity index (χ1) is 10.7. The predicted octanol–water partition coefficient (Wildman–Crippen LogP) is 2.82. The fourth-order valence-electron chi connectivity index (χ4n) is 1.91. The molecule has 0 radical (unpaired) electrons. The Bertz CT molecular complexity index is 617. The Labute approximate surface area is 135 Å². The van der Waals surface area contributed by atoms with Gasteiger partial charge in [0.05, 0.1) is 0 Å². The summed E-state index contributed by atoms with van der Waals surface area (Å²) in [6.07, 6.45) is 3.49. The lowest BCUT2D eigenvalue weighted by Crippen LogP contribution is -2.21. The molecule has 4 nitrogen and oxygen atoms in total. The van der Waals surface area contributed by atoms with Gasteiger partial charge in [0.15, 0.2) is 0 Å². The van der Waals surface area contributed by atoms with Gasteiger partial charge in [-0.1, -0.05) is 42.5 Å². The van der Waals surface area contributed by atoms with E-state index in [2.05, 4.69) is 58.7 Å². The number of nitrogens with zero attached hydrogens (tertiary/aromatic N) is 2. The third kappa shape index (κ3) is 6.01. The van der Waals surface area contributed by atoms with E-state index in [1.54, 1.807) is 6.21 Å². The van der Waals surface area contributed by atoms with Crippen molar-refractivity contribution in [2.24, 2.45) is 21.7 Å². The third-order valence-electron chi connectivity index (χ3n) is 3.01. The molecule has 2 aromatic rings. The van der Waals surface area contributed by atoms with E-state index in [4.69, 9.17) is 11.5 Å². The zero-order chi connectivity index (χ0) is 15.6. The van der Waals surface area contributed by atoms with E-state index in [-0.39, 0.29) is 5.96 Å². The number of thioether (sulfide) groups is 1. The second-order valence-corrected chi connectivity index (χ2v) is 5.92. The Morgan fingerprint density at radius 2 is 1.68 bits per heavy atom. The van der Waals surface area contributed by atoms with E-state index >= 15 is 0 Å². The van der Waals surface area contributed by atoms with Crippen molar-refractivity contribution in [1.82, 2.24) is 0 Å². The van der Waals surface area contributed by atoms with Crippen LogP contribution in [0.2, 0.25) is 0 Å². The minimum absolute atomic E-state index is 0.0265. The molecule has 0 aromatic heterocycles. The monoisotopic (exact) mass is 312 g/mol. The molecule has 0 aliphatic rings. The van der Waals surface area contributed by atoms with E-state index in [1.165, 1.54) is 16.0 Å². The molecule has 0 heterocycles. The maximum atomic E-state index is 5.19. The van der Waals surface area contributed by atoms with Crippen molar-refractivity contribution in [1.29, 1.82) is 0 Å². The molecule has 0 saturated heterocycles. The fourth-order valence-corrected chi connectivity index (χ4v) is 2.81. The highest BCUT2D eigenvalue weighted by molar-refractivity contribution is 7.99. The van der Waals surface area contributed by atoms with Crippen molar-refractivity contribution in [2.45, 2.75) is 17.7 Å². The summed E-state index contributed by atoms with van der Waals surface area (Å²) in [4.78, 5) is 1.28. The van der Waals surface area contributed by atoms with Gasteiger partial charge in [-0.05, 0) is 29.7 Å². The quantitative estimate of drug-likeness (QED) is 0.357. The Hall–Kier alpha value is -2.27. The summed E-state index contributed by atoms with van der Waals surface area (Å²) in [5, 5.41) is 7.34. The smallest absolute Gasteiger partial charge is 0.211 e. The Morgan fingerprint density at radius 1 is 0.955 bits per heavy atom. The van der Waals surface area contributed by atoms with Gasteiger partial charge < -0.3 is 11.5 Å². The van der Waals surface area contributed by atoms with Crippen LogP contribution in [0.3, 0.4) is 0 Å². The molecule has 0 aliphatic heterocycles. The van der Waals surface area contributed by atoms with Crippen LogP contribution in [0.25, 0.3) is 0 Å². The number of benzene rings is 2. The number of rotatable bonds is 7. The Kier molecular flexibility index (Phi) is 6.51. The first kappa shape index (κ1) is 16.1. The van der Waals surface area contributed by atoms with Gasteiger partial charge >= 0.3 is 0 Å². The topological polar surface area (TPSA) is 76.8 Å². The molecular weight excluding hydrogens is 292 g/mol. The molecule has 5 heteroatoms. The van der Waals surface area contributed by atoms with Gasteiger partial charge in [-0.3, -0.25) is 0 Å². The number of hydrogen-bond donors (Lipinski definition) is 2. The molecule has 0 unspecified atom stereocenters. The van der Waals surface area contributed by atoms with Crippen LogP contribution in [-0.2, 0) is 12.8 Å². The average molecular weight is 312 g/mol. The minimum atomic E-state index is -0.0265. The largest absolute Gasteiger partial charge is 0.369 e. The van der Waals surface area contributed by atoms with Crippen molar-refractivity contribution in [3.8, 4) is 0 Å². The Balaban J connectivity index is 1.77. The van der Waals surface area contributed by atoms with Crippen molar-refractivity contribution >= 4 is 23.9 Å². The van der Waals surface area contributed by atoms with Gasteiger partial charge in [-0.25, -0.2) is 0 Å². The van der Waals surface area contributed by atoms with Gasteiger partial charge in [-0.2, -0.15) is 5.10 Å². The first-order valence-corrected chi connectivity index (χ1v) is 8.08. The molecule has 114 valence electrons. The van der Waals surface area contributed by atoms with Crippen LogP contribution in [0.4, 0.5) is 0 Å². The van der Waals surface area contributed by atoms with E-state index < -0.39 is 0 Å². The molecule has 0 aliphatic carbocycles. The van der Waals surface area contributed by atoms with Crippen LogP contribution in [0.15, 0.2) is 69.7 Å². The van der Waals surface area contributed by atoms with Crippen molar-refractivity contribution in [3.63, 3.8) is 0 Å². The third-order valence-corrected chi connectivity index (χ3v) is 4.02. The highest BCUT2D eigenvalue weighted by atomic mass is 32.2. The highest BCUT2D eigenvalue weighted by Gasteiger charge is 1.97. The molecule has 0 atom stereocenters. The SMILES string of the molecule is NC(N)=NN=CCc1ccc(SCCc2ccccc2)cc1. The molecule has 0 amide bonds. The molecule has 0 spiro atoms. The maximum absolute atomic E-state index is 5.19. The van der Waals surface area contributed by atoms with Crippen LogP contribution >= 0.6 is 11.8 Å². The van der Waals surface area contributed by atoms with Crippen LogP contribution in [0.1, 0.15) is 11.1 Å². The van der Waals surface area contributed by atoms with Crippen molar-refractivity contribution in [2.75, 3.05) is 5.75 Å². The molecule has 0 fully saturated rings. The van der Waals surface area contributed by atoms with E-state index in [9.17, 15) is 0 Å². The van der Waals surface area contributed by atoms with E-state index in [1.807, 2.05) is 17.8 Å². The number of hydrogen-bond acceptors (Lipinski definition) is 3. The number of aryl methyl sites for hydroxylation is 1. The first-order valence-electron chi connectivity index (χ1n) is 7.10. The predicted molar refractivity (Wildman–Crippen MR) is 95.3 cm³/mol. The summed E-state index contributed by atoms with van der Waals surface area (Å²) < 4.78 is 0. The zero-order valence-corrected chi connectivity index (χ0v) is 13.2. The summed E-state index contributed by atoms with van der Waals surface area (Å²) >= 11 is 1.87. The number of guanidine groups is 1. The van der Waals surface area contributed by atoms with Gasteiger partial charge in [0.2, 0.25) is 5.96 Å². The second kappa shape index (κ2) is 8.89. The molecule has 0 bridgehead atoms. The standard InChI is InChI=1S/C17H20N4S/c18-17(19)21-20-12-10-15-6-8-16(9-7-15)22-13-11-14-4-2-1-3-5-14/h1-9,12H,10-11,13H2,(H4,18,19,21).